The number of carboxylic acid groups (broad SMARTS) is 1. The lowest BCUT2D eigenvalue weighted by Crippen LogP contribution is -2.06. The molecule has 0 saturated heterocycles. The smallest absolute Gasteiger partial charge is 0.339 e. The molecule has 3 N–H and O–H groups in total. The van der Waals surface area contributed by atoms with Crippen LogP contribution < -0.4 is 10.5 Å². The topological polar surface area (TPSA) is 72.5 Å². The standard InChI is InChI=1S/C15H14FNO3/c1-9-7-11(16)6-5-10(9)8-20-14-12(15(18)19)3-2-4-13(14)17/h2-7H,8,17H2,1H3,(H,18,19). The molecule has 0 bridgehead atoms. The largest absolute Gasteiger partial charge is 0.486 e. The van der Waals surface area contributed by atoms with E-state index in [9.17, 15) is 9.18 Å². The van der Waals surface area contributed by atoms with Crippen molar-refractivity contribution >= 4 is 11.7 Å². The molecule has 0 atom stereocenters. The fourth-order valence-corrected chi connectivity index (χ4v) is 1.86. The third-order valence-corrected chi connectivity index (χ3v) is 2.95. The molecule has 104 valence electrons. The van der Waals surface area contributed by atoms with Crippen molar-refractivity contribution in [2.75, 3.05) is 5.73 Å². The molecule has 0 saturated carbocycles. The summed E-state index contributed by atoms with van der Waals surface area (Å²) in [6.07, 6.45) is 0. The number of halogens is 1. The van der Waals surface area contributed by atoms with E-state index < -0.39 is 5.97 Å². The predicted octanol–water partition coefficient (Wildman–Crippen LogP) is 2.99. The van der Waals surface area contributed by atoms with Gasteiger partial charge in [0.05, 0.1) is 5.69 Å². The molecule has 2 aromatic carbocycles. The number of aryl methyl sites for hydroxylation is 1. The maximum absolute atomic E-state index is 13.0. The van der Waals surface area contributed by atoms with Gasteiger partial charge < -0.3 is 15.6 Å². The third-order valence-electron chi connectivity index (χ3n) is 2.95. The first-order valence-corrected chi connectivity index (χ1v) is 5.98. The Hall–Kier alpha value is -2.56. The first-order chi connectivity index (χ1) is 9.49. The zero-order valence-corrected chi connectivity index (χ0v) is 10.9. The highest BCUT2D eigenvalue weighted by Gasteiger charge is 2.14. The molecule has 4 nitrogen and oxygen atoms in total. The normalized spacial score (nSPS) is 10.3. The van der Waals surface area contributed by atoms with E-state index in [4.69, 9.17) is 15.6 Å². The fourth-order valence-electron chi connectivity index (χ4n) is 1.86. The van der Waals surface area contributed by atoms with Gasteiger partial charge in [0.1, 0.15) is 18.0 Å². The van der Waals surface area contributed by atoms with E-state index in [1.165, 1.54) is 18.2 Å². The first kappa shape index (κ1) is 13.9. The summed E-state index contributed by atoms with van der Waals surface area (Å²) in [5, 5.41) is 9.09. The van der Waals surface area contributed by atoms with Crippen LogP contribution in [0.15, 0.2) is 36.4 Å². The van der Waals surface area contributed by atoms with Gasteiger partial charge >= 0.3 is 5.97 Å². The highest BCUT2D eigenvalue weighted by atomic mass is 19.1. The Bertz CT molecular complexity index is 656. The molecule has 0 aromatic heterocycles. The molecule has 0 aliphatic heterocycles. The molecule has 0 unspecified atom stereocenters. The second kappa shape index (κ2) is 5.61. The number of rotatable bonds is 4. The van der Waals surface area contributed by atoms with Crippen LogP contribution in [0.4, 0.5) is 10.1 Å². The molecule has 0 aliphatic carbocycles. The summed E-state index contributed by atoms with van der Waals surface area (Å²) in [6.45, 7) is 1.88. The lowest BCUT2D eigenvalue weighted by Gasteiger charge is -2.13. The minimum Gasteiger partial charge on any atom is -0.486 e. The van der Waals surface area contributed by atoms with Gasteiger partial charge in [-0.15, -0.1) is 0 Å². The third kappa shape index (κ3) is 2.88. The summed E-state index contributed by atoms with van der Waals surface area (Å²) in [5.74, 6) is -1.30. The molecule has 0 aliphatic rings. The minimum atomic E-state index is -1.11. The van der Waals surface area contributed by atoms with Crippen molar-refractivity contribution in [2.24, 2.45) is 0 Å². The van der Waals surface area contributed by atoms with Gasteiger partial charge in [-0.3, -0.25) is 0 Å². The van der Waals surface area contributed by atoms with Crippen LogP contribution in [0, 0.1) is 12.7 Å². The number of hydrogen-bond acceptors (Lipinski definition) is 3. The summed E-state index contributed by atoms with van der Waals surface area (Å²) >= 11 is 0. The van der Waals surface area contributed by atoms with Crippen LogP contribution in [0.2, 0.25) is 0 Å². The Balaban J connectivity index is 2.25. The molecule has 0 fully saturated rings. The van der Waals surface area contributed by atoms with Crippen LogP contribution in [0.3, 0.4) is 0 Å². The monoisotopic (exact) mass is 275 g/mol. The van der Waals surface area contributed by atoms with E-state index in [0.717, 1.165) is 11.1 Å². The molecule has 0 heterocycles. The van der Waals surface area contributed by atoms with Gasteiger partial charge in [-0.1, -0.05) is 12.1 Å². The highest BCUT2D eigenvalue weighted by Crippen LogP contribution is 2.27. The van der Waals surface area contributed by atoms with E-state index in [0.29, 0.717) is 0 Å². The van der Waals surface area contributed by atoms with Crippen molar-refractivity contribution in [1.82, 2.24) is 0 Å². The van der Waals surface area contributed by atoms with Crippen molar-refractivity contribution in [3.05, 3.63) is 58.9 Å². The Morgan fingerprint density at radius 3 is 2.75 bits per heavy atom. The lowest BCUT2D eigenvalue weighted by molar-refractivity contribution is 0.0692. The molecule has 5 heteroatoms. The molecule has 2 aromatic rings. The van der Waals surface area contributed by atoms with Crippen molar-refractivity contribution in [2.45, 2.75) is 13.5 Å². The Labute approximate surface area is 115 Å². The van der Waals surface area contributed by atoms with E-state index in [-0.39, 0.29) is 29.4 Å². The van der Waals surface area contributed by atoms with Crippen LogP contribution in [0.25, 0.3) is 0 Å². The van der Waals surface area contributed by atoms with Gasteiger partial charge in [-0.25, -0.2) is 9.18 Å². The Morgan fingerprint density at radius 2 is 2.10 bits per heavy atom. The molecule has 0 spiro atoms. The van der Waals surface area contributed by atoms with Gasteiger partial charge in [-0.2, -0.15) is 0 Å². The van der Waals surface area contributed by atoms with Gasteiger partial charge in [0, 0.05) is 0 Å². The second-order valence-corrected chi connectivity index (χ2v) is 4.39. The molecule has 2 rings (SSSR count). The van der Waals surface area contributed by atoms with Crippen LogP contribution >= 0.6 is 0 Å². The van der Waals surface area contributed by atoms with Gasteiger partial charge in [0.15, 0.2) is 5.75 Å². The van der Waals surface area contributed by atoms with Crippen molar-refractivity contribution in [1.29, 1.82) is 0 Å². The van der Waals surface area contributed by atoms with E-state index in [1.807, 2.05) is 0 Å². The predicted molar refractivity (Wildman–Crippen MR) is 73.3 cm³/mol. The molecule has 20 heavy (non-hydrogen) atoms. The summed E-state index contributed by atoms with van der Waals surface area (Å²) in [6, 6.07) is 8.87. The second-order valence-electron chi connectivity index (χ2n) is 4.39. The average molecular weight is 275 g/mol. The number of para-hydroxylation sites is 1. The van der Waals surface area contributed by atoms with Crippen molar-refractivity contribution < 1.29 is 19.0 Å². The molecular formula is C15H14FNO3. The van der Waals surface area contributed by atoms with Gasteiger partial charge in [-0.05, 0) is 42.3 Å². The van der Waals surface area contributed by atoms with Crippen molar-refractivity contribution in [3.63, 3.8) is 0 Å². The quantitative estimate of drug-likeness (QED) is 0.841. The maximum atomic E-state index is 13.0. The van der Waals surface area contributed by atoms with E-state index in [1.54, 1.807) is 25.1 Å². The van der Waals surface area contributed by atoms with Crippen molar-refractivity contribution in [3.8, 4) is 5.75 Å². The van der Waals surface area contributed by atoms with Gasteiger partial charge in [0.25, 0.3) is 0 Å². The molecule has 0 amide bonds. The van der Waals surface area contributed by atoms with Crippen LogP contribution in [0.1, 0.15) is 21.5 Å². The maximum Gasteiger partial charge on any atom is 0.339 e. The van der Waals surface area contributed by atoms with Crippen LogP contribution in [-0.2, 0) is 6.61 Å². The SMILES string of the molecule is Cc1cc(F)ccc1COc1c(N)cccc1C(=O)O. The number of benzene rings is 2. The van der Waals surface area contributed by atoms with E-state index in [2.05, 4.69) is 0 Å². The number of nitrogen functional groups attached to an aromatic ring is 1. The number of aromatic carboxylic acids is 1. The van der Waals surface area contributed by atoms with Crippen LogP contribution in [0.5, 0.6) is 5.75 Å². The summed E-state index contributed by atoms with van der Waals surface area (Å²) < 4.78 is 18.5. The number of hydrogen-bond donors (Lipinski definition) is 2. The molecule has 0 radical (unpaired) electrons. The number of carbonyl (C=O) groups is 1. The van der Waals surface area contributed by atoms with E-state index >= 15 is 0 Å². The van der Waals surface area contributed by atoms with Gasteiger partial charge in [0.2, 0.25) is 0 Å². The summed E-state index contributed by atoms with van der Waals surface area (Å²) in [4.78, 5) is 11.1. The fraction of sp³-hybridized carbons (Fsp3) is 0.133. The molecular weight excluding hydrogens is 261 g/mol. The zero-order chi connectivity index (χ0) is 14.7. The first-order valence-electron chi connectivity index (χ1n) is 5.98. The Morgan fingerprint density at radius 1 is 1.35 bits per heavy atom. The lowest BCUT2D eigenvalue weighted by atomic mass is 10.1. The Kier molecular flexibility index (Phi) is 3.89. The number of anilines is 1. The number of carboxylic acids is 1. The van der Waals surface area contributed by atoms with Crippen LogP contribution in [-0.4, -0.2) is 11.1 Å². The number of ether oxygens (including phenoxy) is 1. The highest BCUT2D eigenvalue weighted by molar-refractivity contribution is 5.93. The number of nitrogens with two attached hydrogens (primary N) is 1. The minimum absolute atomic E-state index is 0.00441. The zero-order valence-electron chi connectivity index (χ0n) is 10.9. The summed E-state index contributed by atoms with van der Waals surface area (Å²) in [7, 11) is 0. The summed E-state index contributed by atoms with van der Waals surface area (Å²) in [5.41, 5.74) is 7.50. The average Bonchev–Trinajstić information content (AvgIpc) is 2.38.